The predicted octanol–water partition coefficient (Wildman–Crippen LogP) is 3.17. The van der Waals surface area contributed by atoms with Crippen molar-refractivity contribution < 1.29 is 9.18 Å². The fourth-order valence-corrected chi connectivity index (χ4v) is 2.57. The van der Waals surface area contributed by atoms with Gasteiger partial charge in [0.05, 0.1) is 23.1 Å². The summed E-state index contributed by atoms with van der Waals surface area (Å²) in [6.07, 6.45) is 3.35. The van der Waals surface area contributed by atoms with Gasteiger partial charge in [-0.1, -0.05) is 18.2 Å². The molecule has 1 aromatic carbocycles. The number of benzene rings is 1. The molecule has 0 aliphatic rings. The molecule has 7 heteroatoms. The van der Waals surface area contributed by atoms with E-state index in [9.17, 15) is 9.18 Å². The van der Waals surface area contributed by atoms with Gasteiger partial charge in [0.1, 0.15) is 5.82 Å². The molecule has 2 amide bonds. The smallest absolute Gasteiger partial charge is 0.320 e. The first-order chi connectivity index (χ1) is 12.0. The molecule has 0 aliphatic carbocycles. The standard InChI is InChI=1S/C18H18FN5O/c1-12-16(11-24(2)23-12)21-18(25)22-17(15-8-3-4-9-20-15)13-6-5-7-14(19)10-13/h3-11,17H,1-2H3,(H2,21,22,25)/t17-/m0/s1. The van der Waals surface area contributed by atoms with Gasteiger partial charge in [-0.25, -0.2) is 9.18 Å². The van der Waals surface area contributed by atoms with Crippen molar-refractivity contribution in [2.24, 2.45) is 7.05 Å². The summed E-state index contributed by atoms with van der Waals surface area (Å²) in [7, 11) is 1.78. The van der Waals surface area contributed by atoms with Crippen molar-refractivity contribution in [2.75, 3.05) is 5.32 Å². The van der Waals surface area contributed by atoms with E-state index in [-0.39, 0.29) is 5.82 Å². The molecule has 0 saturated heterocycles. The number of aryl methyl sites for hydroxylation is 2. The molecule has 1 atom stereocenters. The minimum atomic E-state index is -0.575. The number of nitrogens with one attached hydrogen (secondary N) is 2. The fourth-order valence-electron chi connectivity index (χ4n) is 2.57. The van der Waals surface area contributed by atoms with Crippen molar-refractivity contribution in [3.05, 3.63) is 77.6 Å². The Labute approximate surface area is 144 Å². The number of pyridine rings is 1. The van der Waals surface area contributed by atoms with Crippen molar-refractivity contribution in [3.63, 3.8) is 0 Å². The van der Waals surface area contributed by atoms with E-state index in [0.717, 1.165) is 0 Å². The summed E-state index contributed by atoms with van der Waals surface area (Å²) in [6.45, 7) is 1.80. The van der Waals surface area contributed by atoms with Crippen molar-refractivity contribution in [2.45, 2.75) is 13.0 Å². The number of amides is 2. The van der Waals surface area contributed by atoms with E-state index in [1.54, 1.807) is 55.3 Å². The second-order valence-corrected chi connectivity index (χ2v) is 5.64. The number of rotatable bonds is 4. The Morgan fingerprint density at radius 2 is 2.08 bits per heavy atom. The van der Waals surface area contributed by atoms with Crippen LogP contribution < -0.4 is 10.6 Å². The largest absolute Gasteiger partial charge is 0.325 e. The SMILES string of the molecule is Cc1nn(C)cc1NC(=O)N[C@@H](c1cccc(F)c1)c1ccccn1. The number of nitrogens with zero attached hydrogens (tertiary/aromatic N) is 3. The zero-order valence-electron chi connectivity index (χ0n) is 13.9. The molecule has 0 fully saturated rings. The maximum Gasteiger partial charge on any atom is 0.320 e. The van der Waals surface area contributed by atoms with Crippen LogP contribution in [0, 0.1) is 12.7 Å². The summed E-state index contributed by atoms with van der Waals surface area (Å²) in [5, 5.41) is 9.79. The molecule has 2 aromatic heterocycles. The Hall–Kier alpha value is -3.22. The van der Waals surface area contributed by atoms with Crippen LogP contribution in [0.1, 0.15) is 23.0 Å². The van der Waals surface area contributed by atoms with E-state index >= 15 is 0 Å². The molecule has 3 aromatic rings. The first-order valence-electron chi connectivity index (χ1n) is 7.77. The highest BCUT2D eigenvalue weighted by molar-refractivity contribution is 5.90. The Balaban J connectivity index is 1.85. The van der Waals surface area contributed by atoms with Gasteiger partial charge in [0.15, 0.2) is 0 Å². The van der Waals surface area contributed by atoms with E-state index in [1.165, 1.54) is 12.1 Å². The fraction of sp³-hybridized carbons (Fsp3) is 0.167. The van der Waals surface area contributed by atoms with Crippen molar-refractivity contribution in [3.8, 4) is 0 Å². The zero-order valence-corrected chi connectivity index (χ0v) is 13.9. The minimum Gasteiger partial charge on any atom is -0.325 e. The monoisotopic (exact) mass is 339 g/mol. The Kier molecular flexibility index (Phi) is 4.74. The van der Waals surface area contributed by atoms with Gasteiger partial charge >= 0.3 is 6.03 Å². The van der Waals surface area contributed by atoms with E-state index in [2.05, 4.69) is 20.7 Å². The summed E-state index contributed by atoms with van der Waals surface area (Å²) < 4.78 is 15.2. The topological polar surface area (TPSA) is 71.8 Å². The molecule has 0 saturated carbocycles. The number of carbonyl (C=O) groups is 1. The lowest BCUT2D eigenvalue weighted by Gasteiger charge is -2.19. The maximum absolute atomic E-state index is 13.6. The Morgan fingerprint density at radius 3 is 2.72 bits per heavy atom. The molecule has 2 N–H and O–H groups in total. The summed E-state index contributed by atoms with van der Waals surface area (Å²) in [5.74, 6) is -0.372. The number of urea groups is 1. The normalized spacial score (nSPS) is 11.8. The lowest BCUT2D eigenvalue weighted by atomic mass is 10.0. The summed E-state index contributed by atoms with van der Waals surface area (Å²) in [6, 6.07) is 10.5. The van der Waals surface area contributed by atoms with Crippen LogP contribution in [-0.4, -0.2) is 20.8 Å². The number of aromatic nitrogens is 3. The highest BCUT2D eigenvalue weighted by Crippen LogP contribution is 2.21. The minimum absolute atomic E-state index is 0.372. The van der Waals surface area contributed by atoms with Gasteiger partial charge in [0.2, 0.25) is 0 Å². The zero-order chi connectivity index (χ0) is 17.8. The predicted molar refractivity (Wildman–Crippen MR) is 92.6 cm³/mol. The summed E-state index contributed by atoms with van der Waals surface area (Å²) in [4.78, 5) is 16.7. The van der Waals surface area contributed by atoms with Crippen LogP contribution >= 0.6 is 0 Å². The lowest BCUT2D eigenvalue weighted by Crippen LogP contribution is -2.33. The van der Waals surface area contributed by atoms with E-state index < -0.39 is 12.1 Å². The van der Waals surface area contributed by atoms with Gasteiger partial charge in [-0.05, 0) is 36.8 Å². The lowest BCUT2D eigenvalue weighted by molar-refractivity contribution is 0.250. The summed E-state index contributed by atoms with van der Waals surface area (Å²) >= 11 is 0. The van der Waals surface area contributed by atoms with Gasteiger partial charge in [-0.3, -0.25) is 9.67 Å². The van der Waals surface area contributed by atoms with E-state index in [4.69, 9.17) is 0 Å². The van der Waals surface area contributed by atoms with E-state index in [0.29, 0.717) is 22.6 Å². The van der Waals surface area contributed by atoms with Crippen molar-refractivity contribution in [1.29, 1.82) is 0 Å². The third kappa shape index (κ3) is 4.00. The molecule has 25 heavy (non-hydrogen) atoms. The maximum atomic E-state index is 13.6. The third-order valence-electron chi connectivity index (χ3n) is 3.70. The molecular weight excluding hydrogens is 321 g/mol. The average Bonchev–Trinajstić information content (AvgIpc) is 2.90. The average molecular weight is 339 g/mol. The second-order valence-electron chi connectivity index (χ2n) is 5.64. The molecule has 0 unspecified atom stereocenters. The molecule has 3 rings (SSSR count). The molecule has 0 aliphatic heterocycles. The number of hydrogen-bond acceptors (Lipinski definition) is 3. The molecule has 0 radical (unpaired) electrons. The first-order valence-corrected chi connectivity index (χ1v) is 7.77. The number of carbonyl (C=O) groups excluding carboxylic acids is 1. The molecule has 0 spiro atoms. The number of halogens is 1. The Morgan fingerprint density at radius 1 is 1.24 bits per heavy atom. The number of anilines is 1. The molecule has 0 bridgehead atoms. The van der Waals surface area contributed by atoms with Gasteiger partial charge in [-0.2, -0.15) is 5.10 Å². The van der Waals surface area contributed by atoms with Gasteiger partial charge in [-0.15, -0.1) is 0 Å². The van der Waals surface area contributed by atoms with Crippen LogP contribution in [-0.2, 0) is 7.05 Å². The van der Waals surface area contributed by atoms with Crippen molar-refractivity contribution >= 4 is 11.7 Å². The highest BCUT2D eigenvalue weighted by atomic mass is 19.1. The number of hydrogen-bond donors (Lipinski definition) is 2. The van der Waals surface area contributed by atoms with E-state index in [1.807, 2.05) is 6.07 Å². The van der Waals surface area contributed by atoms with Gasteiger partial charge in [0, 0.05) is 19.4 Å². The van der Waals surface area contributed by atoms with Crippen LogP contribution in [0.15, 0.2) is 54.9 Å². The summed E-state index contributed by atoms with van der Waals surface area (Å²) in [5.41, 5.74) is 2.54. The Bertz CT molecular complexity index is 878. The van der Waals surface area contributed by atoms with Crippen LogP contribution in [0.3, 0.4) is 0 Å². The van der Waals surface area contributed by atoms with Crippen molar-refractivity contribution in [1.82, 2.24) is 20.1 Å². The van der Waals surface area contributed by atoms with Gasteiger partial charge < -0.3 is 10.6 Å². The quantitative estimate of drug-likeness (QED) is 0.767. The highest BCUT2D eigenvalue weighted by Gasteiger charge is 2.19. The van der Waals surface area contributed by atoms with Crippen LogP contribution in [0.5, 0.6) is 0 Å². The second kappa shape index (κ2) is 7.12. The van der Waals surface area contributed by atoms with Crippen LogP contribution in [0.4, 0.5) is 14.9 Å². The molecule has 2 heterocycles. The third-order valence-corrected chi connectivity index (χ3v) is 3.70. The van der Waals surface area contributed by atoms with Crippen LogP contribution in [0.25, 0.3) is 0 Å². The van der Waals surface area contributed by atoms with Gasteiger partial charge in [0.25, 0.3) is 0 Å². The molecule has 128 valence electrons. The first kappa shape index (κ1) is 16.6. The molecular formula is C18H18FN5O. The van der Waals surface area contributed by atoms with Crippen LogP contribution in [0.2, 0.25) is 0 Å². The molecule has 6 nitrogen and oxygen atoms in total.